The summed E-state index contributed by atoms with van der Waals surface area (Å²) in [6.07, 6.45) is 2.68. The summed E-state index contributed by atoms with van der Waals surface area (Å²) >= 11 is 4.02. The number of thiazole rings is 1. The predicted molar refractivity (Wildman–Crippen MR) is 94.8 cm³/mol. The van der Waals surface area contributed by atoms with Crippen molar-refractivity contribution < 1.29 is 0 Å². The lowest BCUT2D eigenvalue weighted by Gasteiger charge is -2.30. The Hall–Kier alpha value is -0.260. The number of hydrogen-bond donors (Lipinski definition) is 1. The molecule has 0 aromatic carbocycles. The third-order valence-corrected chi connectivity index (χ3v) is 6.30. The highest BCUT2D eigenvalue weighted by Gasteiger charge is 2.31. The van der Waals surface area contributed by atoms with Crippen molar-refractivity contribution in [1.82, 2.24) is 10.3 Å². The summed E-state index contributed by atoms with van der Waals surface area (Å²) in [5.41, 5.74) is 1.40. The lowest BCUT2D eigenvalue weighted by Crippen LogP contribution is -2.36. The summed E-state index contributed by atoms with van der Waals surface area (Å²) in [6, 6.07) is 0. The average Bonchev–Trinajstić information content (AvgIpc) is 3.19. The van der Waals surface area contributed by atoms with Gasteiger partial charge in [-0.2, -0.15) is 11.8 Å². The zero-order valence-electron chi connectivity index (χ0n) is 13.4. The van der Waals surface area contributed by atoms with E-state index in [-0.39, 0.29) is 0 Å². The summed E-state index contributed by atoms with van der Waals surface area (Å²) in [5.74, 6) is 2.70. The molecule has 1 aromatic heterocycles. The van der Waals surface area contributed by atoms with E-state index in [0.717, 1.165) is 37.3 Å². The summed E-state index contributed by atoms with van der Waals surface area (Å²) in [7, 11) is 0. The second-order valence-electron chi connectivity index (χ2n) is 6.73. The second-order valence-corrected chi connectivity index (χ2v) is 9.34. The van der Waals surface area contributed by atoms with Crippen LogP contribution in [0.1, 0.15) is 50.1 Å². The smallest absolute Gasteiger partial charge is 0.185 e. The Kier molecular flexibility index (Phi) is 5.12. The van der Waals surface area contributed by atoms with Gasteiger partial charge in [-0.15, -0.1) is 11.3 Å². The van der Waals surface area contributed by atoms with E-state index in [1.165, 1.54) is 34.3 Å². The van der Waals surface area contributed by atoms with Crippen LogP contribution in [0.2, 0.25) is 0 Å². The fourth-order valence-corrected chi connectivity index (χ4v) is 4.92. The monoisotopic (exact) mass is 325 g/mol. The Morgan fingerprint density at radius 3 is 2.86 bits per heavy atom. The third-order valence-electron chi connectivity index (χ3n) is 4.03. The van der Waals surface area contributed by atoms with Gasteiger partial charge < -0.3 is 10.2 Å². The quantitative estimate of drug-likeness (QED) is 0.863. The number of rotatable bonds is 6. The van der Waals surface area contributed by atoms with Gasteiger partial charge in [-0.1, -0.05) is 20.8 Å². The highest BCUT2D eigenvalue weighted by atomic mass is 32.2. The van der Waals surface area contributed by atoms with Crippen LogP contribution in [0.5, 0.6) is 0 Å². The van der Waals surface area contributed by atoms with Gasteiger partial charge in [0, 0.05) is 41.4 Å². The van der Waals surface area contributed by atoms with Crippen molar-refractivity contribution in [2.24, 2.45) is 5.92 Å². The Bertz CT molecular complexity index is 468. The van der Waals surface area contributed by atoms with E-state index in [0.29, 0.717) is 5.92 Å². The maximum absolute atomic E-state index is 5.02. The van der Waals surface area contributed by atoms with Crippen LogP contribution in [0.15, 0.2) is 0 Å². The molecule has 0 spiro atoms. The standard InChI is InChI=1S/C16H27N3S2/c1-11(2)8-17-9-14-15(13-4-5-13)18-16(21-14)19-6-7-20-12(3)10-19/h11-13,17H,4-10H2,1-3H3. The maximum atomic E-state index is 5.02. The first kappa shape index (κ1) is 15.6. The Balaban J connectivity index is 1.69. The Labute approximate surface area is 136 Å². The van der Waals surface area contributed by atoms with Gasteiger partial charge in [0.15, 0.2) is 5.13 Å². The summed E-state index contributed by atoms with van der Waals surface area (Å²) in [4.78, 5) is 9.01. The van der Waals surface area contributed by atoms with E-state index in [1.807, 2.05) is 11.3 Å². The molecule has 5 heteroatoms. The van der Waals surface area contributed by atoms with Crippen molar-refractivity contribution in [3.8, 4) is 0 Å². The van der Waals surface area contributed by atoms with Crippen molar-refractivity contribution in [3.05, 3.63) is 10.6 Å². The van der Waals surface area contributed by atoms with Crippen LogP contribution in [0, 0.1) is 5.92 Å². The molecule has 2 fully saturated rings. The Morgan fingerprint density at radius 2 is 2.19 bits per heavy atom. The number of aromatic nitrogens is 1. The molecule has 1 saturated heterocycles. The number of nitrogens with zero attached hydrogens (tertiary/aromatic N) is 2. The first-order chi connectivity index (χ1) is 10.1. The van der Waals surface area contributed by atoms with E-state index < -0.39 is 0 Å². The highest BCUT2D eigenvalue weighted by Crippen LogP contribution is 2.44. The van der Waals surface area contributed by atoms with Gasteiger partial charge in [0.1, 0.15) is 0 Å². The largest absolute Gasteiger partial charge is 0.346 e. The van der Waals surface area contributed by atoms with E-state index >= 15 is 0 Å². The van der Waals surface area contributed by atoms with Crippen molar-refractivity contribution in [2.75, 3.05) is 30.3 Å². The molecule has 118 valence electrons. The Morgan fingerprint density at radius 1 is 1.38 bits per heavy atom. The molecule has 0 bridgehead atoms. The van der Waals surface area contributed by atoms with Gasteiger partial charge in [0.2, 0.25) is 0 Å². The molecular weight excluding hydrogens is 298 g/mol. The van der Waals surface area contributed by atoms with Gasteiger partial charge in [-0.3, -0.25) is 0 Å². The molecule has 1 unspecified atom stereocenters. The number of nitrogens with one attached hydrogen (secondary N) is 1. The fourth-order valence-electron chi connectivity index (χ4n) is 2.75. The van der Waals surface area contributed by atoms with Crippen molar-refractivity contribution in [1.29, 1.82) is 0 Å². The molecular formula is C16H27N3S2. The molecule has 1 saturated carbocycles. The number of thioether (sulfide) groups is 1. The highest BCUT2D eigenvalue weighted by molar-refractivity contribution is 8.00. The van der Waals surface area contributed by atoms with E-state index in [2.05, 4.69) is 42.7 Å². The predicted octanol–water partition coefficient (Wildman–Crippen LogP) is 3.71. The van der Waals surface area contributed by atoms with Gasteiger partial charge in [-0.25, -0.2) is 4.98 Å². The van der Waals surface area contributed by atoms with Crippen LogP contribution < -0.4 is 10.2 Å². The van der Waals surface area contributed by atoms with Crippen LogP contribution in [-0.2, 0) is 6.54 Å². The summed E-state index contributed by atoms with van der Waals surface area (Å²) in [5, 5.41) is 5.60. The van der Waals surface area contributed by atoms with Crippen molar-refractivity contribution in [3.63, 3.8) is 0 Å². The third kappa shape index (κ3) is 4.14. The minimum absolute atomic E-state index is 0.710. The zero-order valence-corrected chi connectivity index (χ0v) is 15.0. The molecule has 2 heterocycles. The van der Waals surface area contributed by atoms with Gasteiger partial charge >= 0.3 is 0 Å². The fraction of sp³-hybridized carbons (Fsp3) is 0.812. The topological polar surface area (TPSA) is 28.2 Å². The molecule has 1 aliphatic carbocycles. The summed E-state index contributed by atoms with van der Waals surface area (Å²) < 4.78 is 0. The molecule has 1 N–H and O–H groups in total. The minimum Gasteiger partial charge on any atom is -0.346 e. The molecule has 3 rings (SSSR count). The van der Waals surface area contributed by atoms with Gasteiger partial charge in [0.25, 0.3) is 0 Å². The minimum atomic E-state index is 0.710. The lowest BCUT2D eigenvalue weighted by molar-refractivity contribution is 0.553. The van der Waals surface area contributed by atoms with Gasteiger partial charge in [-0.05, 0) is 25.3 Å². The molecule has 1 aromatic rings. The number of hydrogen-bond acceptors (Lipinski definition) is 5. The second kappa shape index (κ2) is 6.88. The average molecular weight is 326 g/mol. The lowest BCUT2D eigenvalue weighted by atomic mass is 10.2. The van der Waals surface area contributed by atoms with E-state index in [9.17, 15) is 0 Å². The van der Waals surface area contributed by atoms with Crippen LogP contribution in [0.4, 0.5) is 5.13 Å². The van der Waals surface area contributed by atoms with Crippen LogP contribution in [-0.4, -0.2) is 35.6 Å². The first-order valence-electron chi connectivity index (χ1n) is 8.20. The van der Waals surface area contributed by atoms with Crippen molar-refractivity contribution >= 4 is 28.2 Å². The SMILES string of the molecule is CC(C)CNCc1sc(N2CCSC(C)C2)nc1C1CC1. The maximum Gasteiger partial charge on any atom is 0.185 e. The van der Waals surface area contributed by atoms with E-state index in [4.69, 9.17) is 4.98 Å². The zero-order chi connectivity index (χ0) is 14.8. The van der Waals surface area contributed by atoms with Crippen LogP contribution >= 0.6 is 23.1 Å². The van der Waals surface area contributed by atoms with Crippen molar-refractivity contribution in [2.45, 2.75) is 51.3 Å². The van der Waals surface area contributed by atoms with E-state index in [1.54, 1.807) is 0 Å². The first-order valence-corrected chi connectivity index (χ1v) is 10.1. The van der Waals surface area contributed by atoms with Crippen LogP contribution in [0.25, 0.3) is 0 Å². The van der Waals surface area contributed by atoms with Crippen LogP contribution in [0.3, 0.4) is 0 Å². The number of anilines is 1. The molecule has 1 aliphatic heterocycles. The molecule has 1 atom stereocenters. The molecule has 3 nitrogen and oxygen atoms in total. The van der Waals surface area contributed by atoms with Gasteiger partial charge in [0.05, 0.1) is 5.69 Å². The molecule has 2 aliphatic rings. The summed E-state index contributed by atoms with van der Waals surface area (Å²) in [6.45, 7) is 11.3. The normalized spacial score (nSPS) is 23.0. The molecule has 0 amide bonds. The molecule has 21 heavy (non-hydrogen) atoms. The molecule has 0 radical (unpaired) electrons.